The van der Waals surface area contributed by atoms with Crippen molar-refractivity contribution in [2.45, 2.75) is 16.9 Å². The molecular formula is C18H17Cl3N4O4S. The Balaban J connectivity index is 2.15. The maximum absolute atomic E-state index is 12.6. The van der Waals surface area contributed by atoms with E-state index in [1.165, 1.54) is 25.3 Å². The number of ether oxygens (including phenoxy) is 1. The average Bonchev–Trinajstić information content (AvgIpc) is 2.66. The molecule has 30 heavy (non-hydrogen) atoms. The Morgan fingerprint density at radius 1 is 1.20 bits per heavy atom. The lowest BCUT2D eigenvalue weighted by molar-refractivity contribution is -0.385. The minimum absolute atomic E-state index is 0.0316. The zero-order chi connectivity index (χ0) is 22.5. The van der Waals surface area contributed by atoms with Crippen molar-refractivity contribution in [3.05, 3.63) is 63.7 Å². The number of alkyl halides is 3. The molecule has 2 aromatic carbocycles. The number of methoxy groups -OCH3 is 1. The smallest absolute Gasteiger partial charge is 0.312 e. The lowest BCUT2D eigenvalue weighted by Crippen LogP contribution is -2.56. The van der Waals surface area contributed by atoms with Crippen molar-refractivity contribution >= 4 is 69.4 Å². The Hall–Kier alpha value is -2.33. The summed E-state index contributed by atoms with van der Waals surface area (Å²) >= 11 is 23.1. The maximum Gasteiger partial charge on any atom is 0.312 e. The Bertz CT molecular complexity index is 969. The number of amides is 1. The largest absolute Gasteiger partial charge is 0.490 e. The van der Waals surface area contributed by atoms with E-state index in [0.717, 1.165) is 5.56 Å². The lowest BCUT2D eigenvalue weighted by Gasteiger charge is -2.28. The second-order valence-electron chi connectivity index (χ2n) is 6.01. The van der Waals surface area contributed by atoms with E-state index in [0.29, 0.717) is 11.3 Å². The molecule has 0 aromatic heterocycles. The van der Waals surface area contributed by atoms with Crippen LogP contribution < -0.4 is 20.7 Å². The molecule has 0 radical (unpaired) electrons. The van der Waals surface area contributed by atoms with Crippen LogP contribution in [0.4, 0.5) is 11.4 Å². The SMILES string of the molecule is COc1ccc(NC(=S)NC(NC(=O)c2ccccc2C)C(Cl)(Cl)Cl)cc1[N+](=O)[O-]. The molecule has 0 saturated carbocycles. The lowest BCUT2D eigenvalue weighted by atomic mass is 10.1. The molecule has 0 saturated heterocycles. The van der Waals surface area contributed by atoms with Gasteiger partial charge in [0, 0.05) is 17.3 Å². The quantitative estimate of drug-likeness (QED) is 0.182. The molecule has 1 atom stereocenters. The van der Waals surface area contributed by atoms with Gasteiger partial charge in [-0.15, -0.1) is 0 Å². The Labute approximate surface area is 193 Å². The summed E-state index contributed by atoms with van der Waals surface area (Å²) in [6.45, 7) is 1.77. The fraction of sp³-hybridized carbons (Fsp3) is 0.222. The number of nitro groups is 1. The van der Waals surface area contributed by atoms with Gasteiger partial charge in [0.25, 0.3) is 5.91 Å². The fourth-order valence-electron chi connectivity index (χ4n) is 2.44. The summed E-state index contributed by atoms with van der Waals surface area (Å²) in [6.07, 6.45) is -1.19. The number of nitro benzene ring substituents is 1. The standard InChI is InChI=1S/C18H17Cl3N4O4S/c1-10-5-3-4-6-12(10)15(26)23-16(18(19,20)21)24-17(30)22-11-7-8-14(29-2)13(9-11)25(27)28/h3-9,16H,1-2H3,(H,23,26)(H2,22,24,30). The number of thiocarbonyl (C=S) groups is 1. The van der Waals surface area contributed by atoms with Crippen LogP contribution in [0, 0.1) is 17.0 Å². The third-order valence-electron chi connectivity index (χ3n) is 3.90. The van der Waals surface area contributed by atoms with Crippen molar-refractivity contribution < 1.29 is 14.5 Å². The van der Waals surface area contributed by atoms with Crippen molar-refractivity contribution in [1.82, 2.24) is 10.6 Å². The number of aryl methyl sites for hydroxylation is 1. The van der Waals surface area contributed by atoms with Crippen LogP contribution in [0.5, 0.6) is 5.75 Å². The highest BCUT2D eigenvalue weighted by Crippen LogP contribution is 2.31. The number of anilines is 1. The van der Waals surface area contributed by atoms with Gasteiger partial charge in [-0.3, -0.25) is 14.9 Å². The molecule has 8 nitrogen and oxygen atoms in total. The predicted octanol–water partition coefficient (Wildman–Crippen LogP) is 4.32. The number of rotatable bonds is 6. The molecule has 0 fully saturated rings. The van der Waals surface area contributed by atoms with Gasteiger partial charge in [0.15, 0.2) is 10.9 Å². The fourth-order valence-corrected chi connectivity index (χ4v) is 3.01. The first-order chi connectivity index (χ1) is 14.0. The van der Waals surface area contributed by atoms with Gasteiger partial charge in [0.05, 0.1) is 12.0 Å². The van der Waals surface area contributed by atoms with Crippen molar-refractivity contribution in [3.8, 4) is 5.75 Å². The molecule has 0 heterocycles. The molecule has 0 bridgehead atoms. The maximum atomic E-state index is 12.6. The summed E-state index contributed by atoms with van der Waals surface area (Å²) in [4.78, 5) is 23.1. The molecule has 2 aromatic rings. The summed E-state index contributed by atoms with van der Waals surface area (Å²) < 4.78 is 3.01. The minimum Gasteiger partial charge on any atom is -0.490 e. The van der Waals surface area contributed by atoms with Crippen LogP contribution in [-0.2, 0) is 0 Å². The van der Waals surface area contributed by atoms with Crippen LogP contribution in [-0.4, -0.2) is 33.0 Å². The van der Waals surface area contributed by atoms with Crippen LogP contribution in [0.2, 0.25) is 0 Å². The van der Waals surface area contributed by atoms with Crippen molar-refractivity contribution in [2.75, 3.05) is 12.4 Å². The van der Waals surface area contributed by atoms with Crippen LogP contribution >= 0.6 is 47.0 Å². The molecule has 0 aliphatic carbocycles. The monoisotopic (exact) mass is 490 g/mol. The topological polar surface area (TPSA) is 106 Å². The van der Waals surface area contributed by atoms with Gasteiger partial charge in [0.1, 0.15) is 6.17 Å². The van der Waals surface area contributed by atoms with Crippen LogP contribution in [0.1, 0.15) is 15.9 Å². The minimum atomic E-state index is -1.95. The van der Waals surface area contributed by atoms with Gasteiger partial charge in [-0.2, -0.15) is 0 Å². The summed E-state index contributed by atoms with van der Waals surface area (Å²) in [7, 11) is 1.32. The molecule has 12 heteroatoms. The Kier molecular flexibility index (Phi) is 8.08. The summed E-state index contributed by atoms with van der Waals surface area (Å²) in [5, 5.41) is 19.1. The van der Waals surface area contributed by atoms with Crippen LogP contribution in [0.15, 0.2) is 42.5 Å². The van der Waals surface area contributed by atoms with Gasteiger partial charge in [-0.25, -0.2) is 0 Å². The summed E-state index contributed by atoms with van der Waals surface area (Å²) in [5.41, 5.74) is 1.19. The van der Waals surface area contributed by atoms with Gasteiger partial charge in [0.2, 0.25) is 3.79 Å². The van der Waals surface area contributed by atoms with E-state index in [9.17, 15) is 14.9 Å². The van der Waals surface area contributed by atoms with E-state index in [1.54, 1.807) is 31.2 Å². The average molecular weight is 492 g/mol. The second-order valence-corrected chi connectivity index (χ2v) is 8.78. The molecule has 0 aliphatic rings. The van der Waals surface area contributed by atoms with Crippen molar-refractivity contribution in [1.29, 1.82) is 0 Å². The molecule has 1 amide bonds. The highest BCUT2D eigenvalue weighted by atomic mass is 35.6. The van der Waals surface area contributed by atoms with Gasteiger partial charge >= 0.3 is 5.69 Å². The molecule has 1 unspecified atom stereocenters. The number of halogens is 3. The summed E-state index contributed by atoms with van der Waals surface area (Å²) in [5.74, 6) is -0.381. The normalized spacial score (nSPS) is 11.9. The summed E-state index contributed by atoms with van der Waals surface area (Å²) in [6, 6.07) is 11.1. The first-order valence-corrected chi connectivity index (χ1v) is 9.90. The van der Waals surface area contributed by atoms with Gasteiger partial charge in [-0.05, 0) is 42.9 Å². The Morgan fingerprint density at radius 3 is 2.43 bits per heavy atom. The van der Waals surface area contributed by atoms with Crippen molar-refractivity contribution in [2.24, 2.45) is 0 Å². The van der Waals surface area contributed by atoms with E-state index in [1.807, 2.05) is 0 Å². The predicted molar refractivity (Wildman–Crippen MR) is 122 cm³/mol. The van der Waals surface area contributed by atoms with Crippen LogP contribution in [0.25, 0.3) is 0 Å². The van der Waals surface area contributed by atoms with E-state index in [4.69, 9.17) is 51.8 Å². The zero-order valence-corrected chi connectivity index (χ0v) is 18.8. The van der Waals surface area contributed by atoms with Gasteiger partial charge < -0.3 is 20.7 Å². The number of nitrogens with one attached hydrogen (secondary N) is 3. The number of nitrogens with zero attached hydrogens (tertiary/aromatic N) is 1. The zero-order valence-electron chi connectivity index (χ0n) is 15.7. The molecule has 160 valence electrons. The van der Waals surface area contributed by atoms with E-state index in [-0.39, 0.29) is 16.5 Å². The molecule has 0 aliphatic heterocycles. The first-order valence-electron chi connectivity index (χ1n) is 8.36. The van der Waals surface area contributed by atoms with Crippen LogP contribution in [0.3, 0.4) is 0 Å². The number of hydrogen-bond donors (Lipinski definition) is 3. The highest BCUT2D eigenvalue weighted by molar-refractivity contribution is 7.80. The number of carbonyl (C=O) groups is 1. The Morgan fingerprint density at radius 2 is 1.87 bits per heavy atom. The number of carbonyl (C=O) groups excluding carboxylic acids is 1. The van der Waals surface area contributed by atoms with E-state index < -0.39 is 20.8 Å². The highest BCUT2D eigenvalue weighted by Gasteiger charge is 2.35. The van der Waals surface area contributed by atoms with E-state index >= 15 is 0 Å². The third kappa shape index (κ3) is 6.33. The third-order valence-corrected chi connectivity index (χ3v) is 4.78. The van der Waals surface area contributed by atoms with Crippen molar-refractivity contribution in [3.63, 3.8) is 0 Å². The van der Waals surface area contributed by atoms with Gasteiger partial charge in [-0.1, -0.05) is 53.0 Å². The molecule has 3 N–H and O–H groups in total. The van der Waals surface area contributed by atoms with E-state index in [2.05, 4.69) is 16.0 Å². The first kappa shape index (κ1) is 23.9. The number of hydrogen-bond acceptors (Lipinski definition) is 5. The molecular weight excluding hydrogens is 475 g/mol. The second kappa shape index (κ2) is 10.1. The molecule has 0 spiro atoms. The molecule has 2 rings (SSSR count). The number of benzene rings is 2.